The number of carbonyl (C=O) groups excluding carboxylic acids is 1. The van der Waals surface area contributed by atoms with Gasteiger partial charge in [0.2, 0.25) is 5.91 Å². The van der Waals surface area contributed by atoms with Crippen molar-refractivity contribution in [3.8, 4) is 0 Å². The van der Waals surface area contributed by atoms with E-state index in [9.17, 15) is 4.79 Å². The highest BCUT2D eigenvalue weighted by Crippen LogP contribution is 2.39. The van der Waals surface area contributed by atoms with Gasteiger partial charge >= 0.3 is 0 Å². The van der Waals surface area contributed by atoms with E-state index in [1.807, 2.05) is 14.1 Å². The van der Waals surface area contributed by atoms with Gasteiger partial charge in [-0.25, -0.2) is 0 Å². The molecular weight excluding hydrogens is 332 g/mol. The second-order valence-corrected chi connectivity index (χ2v) is 7.12. The lowest BCUT2D eigenvalue weighted by molar-refractivity contribution is -0.138. The van der Waals surface area contributed by atoms with Crippen molar-refractivity contribution in [2.24, 2.45) is 10.4 Å². The molecule has 0 spiro atoms. The Morgan fingerprint density at radius 2 is 1.85 bits per heavy atom. The number of guanidine groups is 1. The SMILES string of the molecule is CCNC(=NCC1(C(=O)N(C)C)CCCC1)NCCCCOCCOC. The quantitative estimate of drug-likeness (QED) is 0.310. The zero-order chi connectivity index (χ0) is 19.3. The van der Waals surface area contributed by atoms with Gasteiger partial charge in [-0.05, 0) is 32.6 Å². The van der Waals surface area contributed by atoms with Crippen LogP contribution in [0.4, 0.5) is 0 Å². The molecule has 0 aromatic rings. The van der Waals surface area contributed by atoms with Gasteiger partial charge in [-0.1, -0.05) is 12.8 Å². The molecule has 7 nitrogen and oxygen atoms in total. The Bertz CT molecular complexity index is 421. The summed E-state index contributed by atoms with van der Waals surface area (Å²) in [6, 6.07) is 0. The Morgan fingerprint density at radius 3 is 2.46 bits per heavy atom. The Kier molecular flexibility index (Phi) is 11.3. The van der Waals surface area contributed by atoms with E-state index in [0.29, 0.717) is 19.8 Å². The van der Waals surface area contributed by atoms with Crippen LogP contribution in [-0.4, -0.2) is 77.4 Å². The number of aliphatic imine (C=N–C) groups is 1. The standard InChI is InChI=1S/C19H38N4O3/c1-5-20-18(21-12-8-9-13-26-15-14-25-4)22-16-19(10-6-7-11-19)17(24)23(2)3/h5-16H2,1-4H3,(H2,20,21,22). The van der Waals surface area contributed by atoms with Crippen molar-refractivity contribution in [1.29, 1.82) is 0 Å². The van der Waals surface area contributed by atoms with Crippen LogP contribution in [0.2, 0.25) is 0 Å². The number of unbranched alkanes of at least 4 members (excludes halogenated alkanes) is 1. The van der Waals surface area contributed by atoms with Crippen LogP contribution in [0, 0.1) is 5.41 Å². The largest absolute Gasteiger partial charge is 0.382 e. The molecule has 0 aromatic carbocycles. The van der Waals surface area contributed by atoms with Crippen LogP contribution in [-0.2, 0) is 14.3 Å². The lowest BCUT2D eigenvalue weighted by Crippen LogP contribution is -2.43. The first-order chi connectivity index (χ1) is 12.6. The molecule has 0 unspecified atom stereocenters. The van der Waals surface area contributed by atoms with Crippen LogP contribution in [0.5, 0.6) is 0 Å². The highest BCUT2D eigenvalue weighted by Gasteiger charge is 2.41. The lowest BCUT2D eigenvalue weighted by Gasteiger charge is -2.29. The second-order valence-electron chi connectivity index (χ2n) is 7.12. The summed E-state index contributed by atoms with van der Waals surface area (Å²) < 4.78 is 10.4. The predicted octanol–water partition coefficient (Wildman–Crippen LogP) is 1.63. The summed E-state index contributed by atoms with van der Waals surface area (Å²) in [5.41, 5.74) is -0.318. The molecule has 0 saturated heterocycles. The first-order valence-corrected chi connectivity index (χ1v) is 9.86. The number of methoxy groups -OCH3 is 1. The molecular formula is C19H38N4O3. The molecule has 1 rings (SSSR count). The summed E-state index contributed by atoms with van der Waals surface area (Å²) in [5, 5.41) is 6.64. The van der Waals surface area contributed by atoms with Crippen molar-refractivity contribution in [2.45, 2.75) is 45.4 Å². The zero-order valence-corrected chi connectivity index (χ0v) is 17.1. The van der Waals surface area contributed by atoms with Gasteiger partial charge in [-0.3, -0.25) is 9.79 Å². The van der Waals surface area contributed by atoms with Gasteiger partial charge in [0.15, 0.2) is 5.96 Å². The lowest BCUT2D eigenvalue weighted by atomic mass is 9.85. The highest BCUT2D eigenvalue weighted by atomic mass is 16.5. The van der Waals surface area contributed by atoms with Crippen molar-refractivity contribution < 1.29 is 14.3 Å². The van der Waals surface area contributed by atoms with E-state index >= 15 is 0 Å². The summed E-state index contributed by atoms with van der Waals surface area (Å²) in [6.45, 7) is 6.30. The molecule has 1 amide bonds. The Balaban J connectivity index is 2.43. The third-order valence-electron chi connectivity index (χ3n) is 4.74. The van der Waals surface area contributed by atoms with Crippen molar-refractivity contribution in [1.82, 2.24) is 15.5 Å². The summed E-state index contributed by atoms with van der Waals surface area (Å²) >= 11 is 0. The predicted molar refractivity (Wildman–Crippen MR) is 106 cm³/mol. The van der Waals surface area contributed by atoms with Gasteiger partial charge in [0.25, 0.3) is 0 Å². The van der Waals surface area contributed by atoms with Gasteiger partial charge in [-0.15, -0.1) is 0 Å². The molecule has 0 aromatic heterocycles. The van der Waals surface area contributed by atoms with Gasteiger partial charge in [0.1, 0.15) is 0 Å². The third kappa shape index (κ3) is 7.91. The average molecular weight is 371 g/mol. The molecule has 0 heterocycles. The number of hydrogen-bond donors (Lipinski definition) is 2. The fourth-order valence-electron chi connectivity index (χ4n) is 3.32. The Hall–Kier alpha value is -1.34. The fraction of sp³-hybridized carbons (Fsp3) is 0.895. The normalized spacial score (nSPS) is 16.5. The van der Waals surface area contributed by atoms with Crippen LogP contribution in [0.3, 0.4) is 0 Å². The van der Waals surface area contributed by atoms with E-state index in [-0.39, 0.29) is 11.3 Å². The molecule has 1 saturated carbocycles. The molecule has 7 heteroatoms. The van der Waals surface area contributed by atoms with Gasteiger partial charge in [0.05, 0.1) is 25.2 Å². The third-order valence-corrected chi connectivity index (χ3v) is 4.74. The Labute approximate surface area is 158 Å². The maximum Gasteiger partial charge on any atom is 0.230 e. The van der Waals surface area contributed by atoms with Crippen LogP contribution in [0.25, 0.3) is 0 Å². The maximum absolute atomic E-state index is 12.6. The van der Waals surface area contributed by atoms with Crippen LogP contribution >= 0.6 is 0 Å². The molecule has 1 aliphatic carbocycles. The summed E-state index contributed by atoms with van der Waals surface area (Å²) in [5.74, 6) is 1.01. The van der Waals surface area contributed by atoms with Crippen LogP contribution in [0.1, 0.15) is 45.4 Å². The average Bonchev–Trinajstić information content (AvgIpc) is 3.11. The van der Waals surface area contributed by atoms with E-state index in [1.54, 1.807) is 12.0 Å². The molecule has 152 valence electrons. The zero-order valence-electron chi connectivity index (χ0n) is 17.1. The summed E-state index contributed by atoms with van der Waals surface area (Å²) in [4.78, 5) is 19.1. The first kappa shape index (κ1) is 22.7. The van der Waals surface area contributed by atoms with Crippen molar-refractivity contribution in [3.63, 3.8) is 0 Å². The second kappa shape index (κ2) is 12.9. The minimum atomic E-state index is -0.318. The smallest absolute Gasteiger partial charge is 0.230 e. The number of carbonyl (C=O) groups is 1. The van der Waals surface area contributed by atoms with Gasteiger partial charge in [0, 0.05) is 40.9 Å². The number of hydrogen-bond acceptors (Lipinski definition) is 4. The fourth-order valence-corrected chi connectivity index (χ4v) is 3.32. The summed E-state index contributed by atoms with van der Waals surface area (Å²) in [6.07, 6.45) is 6.11. The van der Waals surface area contributed by atoms with E-state index in [2.05, 4.69) is 17.6 Å². The van der Waals surface area contributed by atoms with Crippen molar-refractivity contribution in [3.05, 3.63) is 0 Å². The Morgan fingerprint density at radius 1 is 1.12 bits per heavy atom. The first-order valence-electron chi connectivity index (χ1n) is 9.86. The topological polar surface area (TPSA) is 75.2 Å². The molecule has 26 heavy (non-hydrogen) atoms. The molecule has 1 aliphatic rings. The van der Waals surface area contributed by atoms with E-state index in [4.69, 9.17) is 14.5 Å². The number of nitrogens with zero attached hydrogens (tertiary/aromatic N) is 2. The van der Waals surface area contributed by atoms with Gasteiger partial charge < -0.3 is 25.0 Å². The number of amides is 1. The van der Waals surface area contributed by atoms with Crippen LogP contribution < -0.4 is 10.6 Å². The highest BCUT2D eigenvalue weighted by molar-refractivity contribution is 5.84. The number of ether oxygens (including phenoxy) is 2. The monoisotopic (exact) mass is 370 g/mol. The van der Waals surface area contributed by atoms with E-state index < -0.39 is 0 Å². The van der Waals surface area contributed by atoms with Crippen molar-refractivity contribution >= 4 is 11.9 Å². The minimum absolute atomic E-state index is 0.211. The molecule has 0 bridgehead atoms. The van der Waals surface area contributed by atoms with Gasteiger partial charge in [-0.2, -0.15) is 0 Å². The minimum Gasteiger partial charge on any atom is -0.382 e. The molecule has 2 N–H and O–H groups in total. The summed E-state index contributed by atoms with van der Waals surface area (Å²) in [7, 11) is 5.35. The van der Waals surface area contributed by atoms with Crippen molar-refractivity contribution in [2.75, 3.05) is 60.7 Å². The molecule has 0 atom stereocenters. The maximum atomic E-state index is 12.6. The number of rotatable bonds is 12. The molecule has 1 fully saturated rings. The molecule has 0 radical (unpaired) electrons. The van der Waals surface area contributed by atoms with E-state index in [0.717, 1.165) is 64.2 Å². The molecule has 0 aliphatic heterocycles. The van der Waals surface area contributed by atoms with E-state index in [1.165, 1.54) is 0 Å². The number of nitrogens with one attached hydrogen (secondary N) is 2. The van der Waals surface area contributed by atoms with Crippen LogP contribution in [0.15, 0.2) is 4.99 Å².